The summed E-state index contributed by atoms with van der Waals surface area (Å²) in [4.78, 5) is 54.0. The van der Waals surface area contributed by atoms with Crippen molar-refractivity contribution in [2.24, 2.45) is 5.92 Å². The maximum atomic E-state index is 13.6. The molecule has 8 nitrogen and oxygen atoms in total. The van der Waals surface area contributed by atoms with Gasteiger partial charge in [-0.05, 0) is 88.0 Å². The Kier molecular flexibility index (Phi) is 7.76. The number of hydrogen-bond donors (Lipinski definition) is 0. The van der Waals surface area contributed by atoms with E-state index < -0.39 is 23.7 Å². The smallest absolute Gasteiger partial charge is 0.469 e. The van der Waals surface area contributed by atoms with Crippen LogP contribution in [-0.2, 0) is 32.0 Å². The van der Waals surface area contributed by atoms with Crippen molar-refractivity contribution in [2.75, 3.05) is 25.1 Å². The zero-order valence-electron chi connectivity index (χ0n) is 22.0. The number of carbonyl (C=O) groups excluding carboxylic acids is 4. The summed E-state index contributed by atoms with van der Waals surface area (Å²) in [6, 6.07) is 4.63. The van der Waals surface area contributed by atoms with Crippen LogP contribution in [0.4, 0.5) is 23.7 Å². The Balaban J connectivity index is 1.48. The predicted molar refractivity (Wildman–Crippen MR) is 132 cm³/mol. The van der Waals surface area contributed by atoms with Gasteiger partial charge in [0.1, 0.15) is 5.54 Å². The zero-order valence-corrected chi connectivity index (χ0v) is 22.0. The van der Waals surface area contributed by atoms with Gasteiger partial charge in [0.15, 0.2) is 0 Å². The van der Waals surface area contributed by atoms with Gasteiger partial charge >= 0.3 is 24.1 Å². The molecule has 2 heterocycles. The Bertz CT molecular complexity index is 1110. The molecule has 0 N–H and O–H groups in total. The summed E-state index contributed by atoms with van der Waals surface area (Å²) in [6.07, 6.45) is -0.385. The molecule has 1 aromatic carbocycles. The van der Waals surface area contributed by atoms with Gasteiger partial charge in [-0.15, -0.1) is 0 Å². The molecule has 4 amide bonds. The van der Waals surface area contributed by atoms with Gasteiger partial charge in [-0.1, -0.05) is 6.07 Å². The second kappa shape index (κ2) is 10.6. The van der Waals surface area contributed by atoms with Crippen molar-refractivity contribution < 1.29 is 37.1 Å². The van der Waals surface area contributed by atoms with Crippen LogP contribution in [0.15, 0.2) is 18.2 Å². The van der Waals surface area contributed by atoms with Gasteiger partial charge < -0.3 is 9.64 Å². The monoisotopic (exact) mass is 537 g/mol. The van der Waals surface area contributed by atoms with Crippen molar-refractivity contribution in [2.45, 2.75) is 83.0 Å². The van der Waals surface area contributed by atoms with Crippen molar-refractivity contribution >= 4 is 29.5 Å². The molecular formula is C27H34F3N3O5. The van der Waals surface area contributed by atoms with Crippen molar-refractivity contribution in [1.82, 2.24) is 9.80 Å². The number of methoxy groups -OCH3 is 1. The maximum absolute atomic E-state index is 13.6. The molecule has 3 aliphatic rings. The molecule has 4 rings (SSSR count). The molecule has 0 atom stereocenters. The second-order valence-corrected chi connectivity index (χ2v) is 10.9. The van der Waals surface area contributed by atoms with Crippen LogP contribution in [0.1, 0.15) is 63.5 Å². The van der Waals surface area contributed by atoms with E-state index in [-0.39, 0.29) is 43.8 Å². The number of rotatable bonds is 5. The highest BCUT2D eigenvalue weighted by molar-refractivity contribution is 6.16. The van der Waals surface area contributed by atoms with Gasteiger partial charge in [-0.2, -0.15) is 13.2 Å². The molecule has 1 aliphatic carbocycles. The molecule has 1 aromatic rings. The van der Waals surface area contributed by atoms with Gasteiger partial charge in [-0.25, -0.2) is 4.79 Å². The number of carbonyl (C=O) groups is 4. The van der Waals surface area contributed by atoms with Crippen LogP contribution in [0.3, 0.4) is 0 Å². The third-order valence-corrected chi connectivity index (χ3v) is 8.14. The van der Waals surface area contributed by atoms with Crippen LogP contribution >= 0.6 is 0 Å². The number of esters is 1. The van der Waals surface area contributed by atoms with Gasteiger partial charge in [0.2, 0.25) is 0 Å². The zero-order chi connectivity index (χ0) is 27.8. The van der Waals surface area contributed by atoms with E-state index in [1.165, 1.54) is 16.9 Å². The van der Waals surface area contributed by atoms with Gasteiger partial charge in [0.25, 0.3) is 5.91 Å². The second-order valence-electron chi connectivity index (χ2n) is 10.9. The lowest BCUT2D eigenvalue weighted by Gasteiger charge is -2.33. The van der Waals surface area contributed by atoms with Crippen molar-refractivity contribution in [3.05, 3.63) is 29.3 Å². The van der Waals surface area contributed by atoms with Gasteiger partial charge in [0.05, 0.1) is 7.11 Å². The van der Waals surface area contributed by atoms with Crippen LogP contribution in [-0.4, -0.2) is 71.6 Å². The number of ether oxygens (including phenoxy) is 1. The molecule has 208 valence electrons. The summed E-state index contributed by atoms with van der Waals surface area (Å²) in [6.45, 7) is 3.29. The third kappa shape index (κ3) is 5.37. The van der Waals surface area contributed by atoms with Gasteiger partial charge in [-0.3, -0.25) is 24.2 Å². The minimum Gasteiger partial charge on any atom is -0.469 e. The lowest BCUT2D eigenvalue weighted by Crippen LogP contribution is -2.45. The van der Waals surface area contributed by atoms with E-state index >= 15 is 0 Å². The number of urea groups is 1. The molecule has 0 aromatic heterocycles. The SMILES string of the molecule is COC(=O)CCC1CCC(N2C(=O)N(c3ccc4c(c3)CCN(C(=O)C(F)(F)F)CC4)C(C)(C)C2=O)CC1. The molecule has 1 saturated carbocycles. The predicted octanol–water partition coefficient (Wildman–Crippen LogP) is 4.24. The summed E-state index contributed by atoms with van der Waals surface area (Å²) in [7, 11) is 1.37. The lowest BCUT2D eigenvalue weighted by molar-refractivity contribution is -0.185. The van der Waals surface area contributed by atoms with E-state index in [1.807, 2.05) is 0 Å². The van der Waals surface area contributed by atoms with Gasteiger partial charge in [0, 0.05) is 31.2 Å². The normalized spacial score (nSPS) is 23.8. The highest BCUT2D eigenvalue weighted by atomic mass is 19.4. The maximum Gasteiger partial charge on any atom is 0.471 e. The van der Waals surface area contributed by atoms with Crippen LogP contribution in [0.2, 0.25) is 0 Å². The number of hydrogen-bond acceptors (Lipinski definition) is 5. The Morgan fingerprint density at radius 3 is 2.26 bits per heavy atom. The largest absolute Gasteiger partial charge is 0.471 e. The summed E-state index contributed by atoms with van der Waals surface area (Å²) in [5.41, 5.74) is 0.970. The van der Waals surface area contributed by atoms with Crippen molar-refractivity contribution in [3.8, 4) is 0 Å². The topological polar surface area (TPSA) is 87.2 Å². The van der Waals surface area contributed by atoms with E-state index in [0.29, 0.717) is 30.9 Å². The molecule has 38 heavy (non-hydrogen) atoms. The summed E-state index contributed by atoms with van der Waals surface area (Å²) in [5, 5.41) is 0. The third-order valence-electron chi connectivity index (χ3n) is 8.14. The number of anilines is 1. The van der Waals surface area contributed by atoms with Crippen LogP contribution < -0.4 is 4.90 Å². The summed E-state index contributed by atoms with van der Waals surface area (Å²) < 4.78 is 43.5. The molecule has 11 heteroatoms. The molecular weight excluding hydrogens is 503 g/mol. The fourth-order valence-corrected chi connectivity index (χ4v) is 5.93. The van der Waals surface area contributed by atoms with E-state index in [4.69, 9.17) is 4.74 Å². The van der Waals surface area contributed by atoms with E-state index in [0.717, 1.165) is 35.3 Å². The average Bonchev–Trinajstić information content (AvgIpc) is 3.00. The fraction of sp³-hybridized carbons (Fsp3) is 0.630. The number of imide groups is 1. The number of fused-ring (bicyclic) bond motifs is 1. The summed E-state index contributed by atoms with van der Waals surface area (Å²) >= 11 is 0. The molecule has 0 radical (unpaired) electrons. The first kappa shape index (κ1) is 27.9. The molecule has 0 bridgehead atoms. The van der Waals surface area contributed by atoms with Crippen molar-refractivity contribution in [1.29, 1.82) is 0 Å². The quantitative estimate of drug-likeness (QED) is 0.414. The van der Waals surface area contributed by atoms with E-state index in [9.17, 15) is 32.3 Å². The first-order valence-electron chi connectivity index (χ1n) is 13.1. The Hall–Kier alpha value is -3.11. The molecule has 0 spiro atoms. The van der Waals surface area contributed by atoms with Crippen LogP contribution in [0.5, 0.6) is 0 Å². The standard InChI is InChI=1S/C27H34F3N3O5/c1-26(2)23(35)32(20-8-4-17(5-9-20)6-11-22(34)38-3)25(37)33(26)21-10-7-18-12-14-31(15-13-19(18)16-21)24(36)27(28,29)30/h7,10,16-17,20H,4-6,8-9,11-15H2,1-3H3. The lowest BCUT2D eigenvalue weighted by atomic mass is 9.82. The Labute approximate surface area is 220 Å². The number of halogens is 3. The van der Waals surface area contributed by atoms with Crippen LogP contribution in [0.25, 0.3) is 0 Å². The van der Waals surface area contributed by atoms with Crippen molar-refractivity contribution in [3.63, 3.8) is 0 Å². The average molecular weight is 538 g/mol. The summed E-state index contributed by atoms with van der Waals surface area (Å²) in [5.74, 6) is -2.02. The number of alkyl halides is 3. The molecule has 2 fully saturated rings. The molecule has 0 unspecified atom stereocenters. The van der Waals surface area contributed by atoms with E-state index in [1.54, 1.807) is 32.0 Å². The first-order valence-corrected chi connectivity index (χ1v) is 13.1. The fourth-order valence-electron chi connectivity index (χ4n) is 5.93. The van der Waals surface area contributed by atoms with Crippen LogP contribution in [0, 0.1) is 5.92 Å². The highest BCUT2D eigenvalue weighted by Gasteiger charge is 2.54. The minimum atomic E-state index is -4.92. The molecule has 2 aliphatic heterocycles. The Morgan fingerprint density at radius 1 is 1.03 bits per heavy atom. The minimum absolute atomic E-state index is 0.0343. The number of nitrogens with zero attached hydrogens (tertiary/aromatic N) is 3. The number of benzene rings is 1. The highest BCUT2D eigenvalue weighted by Crippen LogP contribution is 2.39. The number of amides is 4. The van der Waals surface area contributed by atoms with E-state index in [2.05, 4.69) is 0 Å². The Morgan fingerprint density at radius 2 is 1.66 bits per heavy atom. The molecule has 1 saturated heterocycles. The first-order chi connectivity index (χ1) is 17.8.